The van der Waals surface area contributed by atoms with E-state index in [1.807, 2.05) is 0 Å². The predicted molar refractivity (Wildman–Crippen MR) is 93.6 cm³/mol. The minimum Gasteiger partial charge on any atom is -0.352 e. The van der Waals surface area contributed by atoms with E-state index in [1.165, 1.54) is 12.3 Å². The Morgan fingerprint density at radius 2 is 1.68 bits per heavy atom. The van der Waals surface area contributed by atoms with E-state index in [4.69, 9.17) is 0 Å². The first-order chi connectivity index (χ1) is 11.7. The molecule has 0 saturated carbocycles. The lowest BCUT2D eigenvalue weighted by molar-refractivity contribution is -0.385. The second-order valence-corrected chi connectivity index (χ2v) is 7.87. The molecule has 2 aromatic carbocycles. The number of nitrogens with zero attached hydrogens (tertiary/aromatic N) is 1. The first kappa shape index (κ1) is 18.6. The topological polar surface area (TPSA) is 106 Å². The first-order valence-electron chi connectivity index (χ1n) is 7.49. The lowest BCUT2D eigenvalue weighted by Gasteiger charge is -2.07. The number of rotatable bonds is 7. The highest BCUT2D eigenvalue weighted by Crippen LogP contribution is 2.18. The number of hydrogen-bond donors (Lipinski definition) is 1. The minimum atomic E-state index is -3.09. The number of nitrogens with one attached hydrogen (secondary N) is 1. The Kier molecular flexibility index (Phi) is 5.87. The largest absolute Gasteiger partial charge is 0.352 e. The van der Waals surface area contributed by atoms with Crippen molar-refractivity contribution in [1.29, 1.82) is 0 Å². The molecule has 132 valence electrons. The van der Waals surface area contributed by atoms with Gasteiger partial charge in [0.05, 0.1) is 17.1 Å². The molecule has 2 rings (SSSR count). The predicted octanol–water partition coefficient (Wildman–Crippen LogP) is 2.00. The van der Waals surface area contributed by atoms with Crippen LogP contribution in [0.5, 0.6) is 0 Å². The zero-order valence-electron chi connectivity index (χ0n) is 13.6. The van der Waals surface area contributed by atoms with E-state index < -0.39 is 14.8 Å². The number of carbonyl (C=O) groups excluding carboxylic acids is 1. The molecular weight excluding hydrogens is 344 g/mol. The Bertz CT molecular complexity index is 876. The minimum absolute atomic E-state index is 0.0304. The molecule has 0 aliphatic rings. The maximum atomic E-state index is 12.0. The van der Waals surface area contributed by atoms with Gasteiger partial charge >= 0.3 is 0 Å². The summed E-state index contributed by atoms with van der Waals surface area (Å²) >= 11 is 0. The van der Waals surface area contributed by atoms with Crippen molar-refractivity contribution in [2.75, 3.05) is 6.26 Å². The molecule has 0 fully saturated rings. The van der Waals surface area contributed by atoms with Gasteiger partial charge in [0.2, 0.25) is 5.91 Å². The maximum Gasteiger partial charge on any atom is 0.273 e. The van der Waals surface area contributed by atoms with Crippen LogP contribution in [0.4, 0.5) is 5.69 Å². The van der Waals surface area contributed by atoms with E-state index in [0.717, 1.165) is 5.56 Å². The summed E-state index contributed by atoms with van der Waals surface area (Å²) in [5.74, 6) is -0.355. The molecule has 7 nitrogen and oxygen atoms in total. The van der Waals surface area contributed by atoms with Gasteiger partial charge in [-0.2, -0.15) is 0 Å². The summed E-state index contributed by atoms with van der Waals surface area (Å²) in [7, 11) is -3.09. The van der Waals surface area contributed by atoms with Gasteiger partial charge in [0.1, 0.15) is 0 Å². The fourth-order valence-electron chi connectivity index (χ4n) is 2.33. The number of benzene rings is 2. The molecule has 0 atom stereocenters. The van der Waals surface area contributed by atoms with E-state index in [9.17, 15) is 23.3 Å². The van der Waals surface area contributed by atoms with Crippen molar-refractivity contribution in [2.45, 2.75) is 18.7 Å². The third-order valence-corrected chi connectivity index (χ3v) is 4.34. The number of para-hydroxylation sites is 1. The summed E-state index contributed by atoms with van der Waals surface area (Å²) in [5.41, 5.74) is 1.77. The van der Waals surface area contributed by atoms with Crippen LogP contribution in [-0.4, -0.2) is 25.5 Å². The van der Waals surface area contributed by atoms with Gasteiger partial charge in [-0.1, -0.05) is 42.5 Å². The van der Waals surface area contributed by atoms with Crippen molar-refractivity contribution in [3.63, 3.8) is 0 Å². The molecule has 0 saturated heterocycles. The summed E-state index contributed by atoms with van der Waals surface area (Å²) < 4.78 is 22.5. The quantitative estimate of drug-likeness (QED) is 0.599. The standard InChI is InChI=1S/C17H18N2O5S/c1-25(23,24)12-14-8-6-13(7-9-14)11-18-17(20)10-15-4-2-3-5-16(15)19(21)22/h2-9H,10-12H2,1H3,(H,18,20). The van der Waals surface area contributed by atoms with Crippen LogP contribution in [0.3, 0.4) is 0 Å². The molecule has 0 bridgehead atoms. The fraction of sp³-hybridized carbons (Fsp3) is 0.235. The van der Waals surface area contributed by atoms with Crippen LogP contribution in [0.1, 0.15) is 16.7 Å². The van der Waals surface area contributed by atoms with Gasteiger partial charge in [-0.3, -0.25) is 14.9 Å². The van der Waals surface area contributed by atoms with E-state index >= 15 is 0 Å². The zero-order chi connectivity index (χ0) is 18.4. The van der Waals surface area contributed by atoms with E-state index in [1.54, 1.807) is 42.5 Å². The summed E-state index contributed by atoms with van der Waals surface area (Å²) in [6.07, 6.45) is 1.09. The highest BCUT2D eigenvalue weighted by atomic mass is 32.2. The third-order valence-electron chi connectivity index (χ3n) is 3.48. The monoisotopic (exact) mass is 362 g/mol. The molecule has 1 amide bonds. The highest BCUT2D eigenvalue weighted by Gasteiger charge is 2.15. The van der Waals surface area contributed by atoms with E-state index in [-0.39, 0.29) is 30.3 Å². The van der Waals surface area contributed by atoms with Gasteiger partial charge in [-0.25, -0.2) is 8.42 Å². The molecule has 0 heterocycles. The Balaban J connectivity index is 1.93. The molecule has 0 radical (unpaired) electrons. The van der Waals surface area contributed by atoms with Gasteiger partial charge in [-0.05, 0) is 11.1 Å². The molecular formula is C17H18N2O5S. The summed E-state index contributed by atoms with van der Waals surface area (Å²) in [5, 5.41) is 13.6. The van der Waals surface area contributed by atoms with Crippen LogP contribution in [0.25, 0.3) is 0 Å². The Labute approximate surface area is 145 Å². The van der Waals surface area contributed by atoms with Crippen LogP contribution < -0.4 is 5.32 Å². The Morgan fingerprint density at radius 1 is 1.08 bits per heavy atom. The molecule has 8 heteroatoms. The maximum absolute atomic E-state index is 12.0. The van der Waals surface area contributed by atoms with Crippen molar-refractivity contribution in [1.82, 2.24) is 5.32 Å². The fourth-order valence-corrected chi connectivity index (χ4v) is 3.13. The van der Waals surface area contributed by atoms with Crippen LogP contribution in [0.2, 0.25) is 0 Å². The van der Waals surface area contributed by atoms with Crippen LogP contribution in [-0.2, 0) is 33.4 Å². The number of nitro groups is 1. The highest BCUT2D eigenvalue weighted by molar-refractivity contribution is 7.89. The number of sulfone groups is 1. The molecule has 0 aliphatic heterocycles. The molecule has 0 spiro atoms. The lowest BCUT2D eigenvalue weighted by Crippen LogP contribution is -2.24. The smallest absolute Gasteiger partial charge is 0.273 e. The molecule has 2 aromatic rings. The van der Waals surface area contributed by atoms with Gasteiger partial charge in [-0.15, -0.1) is 0 Å². The van der Waals surface area contributed by atoms with Gasteiger partial charge in [0.15, 0.2) is 9.84 Å². The number of hydrogen-bond acceptors (Lipinski definition) is 5. The average Bonchev–Trinajstić information content (AvgIpc) is 2.53. The Hall–Kier alpha value is -2.74. The van der Waals surface area contributed by atoms with Crippen molar-refractivity contribution >= 4 is 21.4 Å². The van der Waals surface area contributed by atoms with Gasteiger partial charge in [0.25, 0.3) is 5.69 Å². The molecule has 1 N–H and O–H groups in total. The van der Waals surface area contributed by atoms with Crippen molar-refractivity contribution in [2.24, 2.45) is 0 Å². The number of amides is 1. The van der Waals surface area contributed by atoms with Crippen LogP contribution in [0.15, 0.2) is 48.5 Å². The normalized spacial score (nSPS) is 11.1. The SMILES string of the molecule is CS(=O)(=O)Cc1ccc(CNC(=O)Cc2ccccc2[N+](=O)[O-])cc1. The van der Waals surface area contributed by atoms with E-state index in [0.29, 0.717) is 11.1 Å². The van der Waals surface area contributed by atoms with Crippen LogP contribution >= 0.6 is 0 Å². The van der Waals surface area contributed by atoms with Gasteiger partial charge < -0.3 is 5.32 Å². The van der Waals surface area contributed by atoms with Crippen LogP contribution in [0, 0.1) is 10.1 Å². The summed E-state index contributed by atoms with van der Waals surface area (Å²) in [6.45, 7) is 0.263. The average molecular weight is 362 g/mol. The summed E-state index contributed by atoms with van der Waals surface area (Å²) in [6, 6.07) is 13.0. The molecule has 0 unspecified atom stereocenters. The lowest BCUT2D eigenvalue weighted by atomic mass is 10.1. The number of carbonyl (C=O) groups is 1. The van der Waals surface area contributed by atoms with Crippen molar-refractivity contribution in [3.8, 4) is 0 Å². The Morgan fingerprint density at radius 3 is 2.28 bits per heavy atom. The molecule has 0 aliphatic carbocycles. The number of nitro benzene ring substituents is 1. The second kappa shape index (κ2) is 7.89. The van der Waals surface area contributed by atoms with Crippen molar-refractivity contribution < 1.29 is 18.1 Å². The third kappa shape index (κ3) is 6.00. The van der Waals surface area contributed by atoms with Crippen molar-refractivity contribution in [3.05, 3.63) is 75.3 Å². The molecule has 25 heavy (non-hydrogen) atoms. The molecule has 0 aromatic heterocycles. The second-order valence-electron chi connectivity index (χ2n) is 5.73. The first-order valence-corrected chi connectivity index (χ1v) is 9.55. The zero-order valence-corrected chi connectivity index (χ0v) is 14.5. The van der Waals surface area contributed by atoms with Gasteiger partial charge in [0, 0.05) is 24.4 Å². The summed E-state index contributed by atoms with van der Waals surface area (Å²) in [4.78, 5) is 22.4. The van der Waals surface area contributed by atoms with E-state index in [2.05, 4.69) is 5.32 Å².